The van der Waals surface area contributed by atoms with Gasteiger partial charge >= 0.3 is 0 Å². The maximum absolute atomic E-state index is 13.0. The van der Waals surface area contributed by atoms with Crippen LogP contribution in [0.3, 0.4) is 0 Å². The molecule has 1 aromatic rings. The first kappa shape index (κ1) is 13.8. The third-order valence-electron chi connectivity index (χ3n) is 3.29. The topological polar surface area (TPSA) is 75.1 Å². The number of aliphatic hydroxyl groups is 1. The van der Waals surface area contributed by atoms with Crippen molar-refractivity contribution < 1.29 is 18.7 Å². The highest BCUT2D eigenvalue weighted by molar-refractivity contribution is 5.91. The molecule has 1 heterocycles. The van der Waals surface area contributed by atoms with Crippen LogP contribution in [0.4, 0.5) is 8.78 Å². The van der Waals surface area contributed by atoms with Gasteiger partial charge < -0.3 is 10.4 Å². The molecule has 19 heavy (non-hydrogen) atoms. The monoisotopic (exact) mass is 271 g/mol. The summed E-state index contributed by atoms with van der Waals surface area (Å²) < 4.78 is 26.0. The number of carbonyl (C=O) groups is 1. The van der Waals surface area contributed by atoms with Gasteiger partial charge in [0, 0.05) is 31.8 Å². The Hall–Kier alpha value is -1.63. The van der Waals surface area contributed by atoms with Gasteiger partial charge in [-0.25, -0.2) is 13.8 Å². The fourth-order valence-electron chi connectivity index (χ4n) is 2.01. The second-order valence-corrected chi connectivity index (χ2v) is 4.85. The summed E-state index contributed by atoms with van der Waals surface area (Å²) >= 11 is 0. The molecule has 0 saturated heterocycles. The van der Waals surface area contributed by atoms with Gasteiger partial charge in [0.2, 0.25) is 5.92 Å². The van der Waals surface area contributed by atoms with Crippen molar-refractivity contribution in [1.82, 2.24) is 15.3 Å². The standard InChI is InChI=1S/C12H15F2N3O2/c13-12(14)3-1-11(19,2-4-12)8-17-10(18)9-7-15-5-6-16-9/h5-7,19H,1-4,8H2,(H,17,18). The normalized spacial score (nSPS) is 20.8. The second-order valence-electron chi connectivity index (χ2n) is 4.85. The molecule has 0 unspecified atom stereocenters. The van der Waals surface area contributed by atoms with Gasteiger partial charge in [-0.05, 0) is 12.8 Å². The lowest BCUT2D eigenvalue weighted by molar-refractivity contribution is -0.101. The van der Waals surface area contributed by atoms with Crippen LogP contribution in [0.25, 0.3) is 0 Å². The fourth-order valence-corrected chi connectivity index (χ4v) is 2.01. The van der Waals surface area contributed by atoms with Crippen molar-refractivity contribution in [3.05, 3.63) is 24.3 Å². The molecule has 0 radical (unpaired) electrons. The van der Waals surface area contributed by atoms with E-state index in [1.807, 2.05) is 0 Å². The Balaban J connectivity index is 1.87. The first-order chi connectivity index (χ1) is 8.90. The zero-order valence-corrected chi connectivity index (χ0v) is 10.3. The highest BCUT2D eigenvalue weighted by atomic mass is 19.3. The largest absolute Gasteiger partial charge is 0.388 e. The summed E-state index contributed by atoms with van der Waals surface area (Å²) in [5.41, 5.74) is -1.13. The molecule has 0 bridgehead atoms. The molecule has 5 nitrogen and oxygen atoms in total. The van der Waals surface area contributed by atoms with Crippen molar-refractivity contribution in [1.29, 1.82) is 0 Å². The molecule has 1 saturated carbocycles. The van der Waals surface area contributed by atoms with Crippen molar-refractivity contribution >= 4 is 5.91 Å². The van der Waals surface area contributed by atoms with Crippen LogP contribution in [0.1, 0.15) is 36.2 Å². The molecule has 0 aromatic carbocycles. The molecule has 1 aliphatic rings. The van der Waals surface area contributed by atoms with Gasteiger partial charge in [0.25, 0.3) is 5.91 Å². The molecule has 104 valence electrons. The predicted molar refractivity (Wildman–Crippen MR) is 62.7 cm³/mol. The number of hydrogen-bond donors (Lipinski definition) is 2. The summed E-state index contributed by atoms with van der Waals surface area (Å²) in [5, 5.41) is 12.6. The number of alkyl halides is 2. The molecular weight excluding hydrogens is 256 g/mol. The number of aromatic nitrogens is 2. The van der Waals surface area contributed by atoms with E-state index in [9.17, 15) is 18.7 Å². The van der Waals surface area contributed by atoms with E-state index in [0.29, 0.717) is 0 Å². The lowest BCUT2D eigenvalue weighted by atomic mass is 9.83. The van der Waals surface area contributed by atoms with Gasteiger partial charge in [-0.2, -0.15) is 0 Å². The van der Waals surface area contributed by atoms with Crippen LogP contribution in [0.2, 0.25) is 0 Å². The zero-order chi connectivity index (χ0) is 13.9. The number of carbonyl (C=O) groups excluding carboxylic acids is 1. The Bertz CT molecular complexity index is 444. The molecule has 0 aliphatic heterocycles. The maximum Gasteiger partial charge on any atom is 0.271 e. The number of amides is 1. The van der Waals surface area contributed by atoms with Crippen molar-refractivity contribution in [2.24, 2.45) is 0 Å². The van der Waals surface area contributed by atoms with E-state index in [4.69, 9.17) is 0 Å². The molecule has 1 aromatic heterocycles. The second kappa shape index (κ2) is 5.16. The highest BCUT2D eigenvalue weighted by Crippen LogP contribution is 2.38. The molecule has 7 heteroatoms. The van der Waals surface area contributed by atoms with E-state index in [2.05, 4.69) is 15.3 Å². The van der Waals surface area contributed by atoms with Gasteiger partial charge in [-0.1, -0.05) is 0 Å². The third kappa shape index (κ3) is 3.66. The first-order valence-electron chi connectivity index (χ1n) is 6.05. The number of nitrogens with one attached hydrogen (secondary N) is 1. The van der Waals surface area contributed by atoms with E-state index in [1.165, 1.54) is 18.6 Å². The fraction of sp³-hybridized carbons (Fsp3) is 0.583. The summed E-state index contributed by atoms with van der Waals surface area (Å²) in [7, 11) is 0. The van der Waals surface area contributed by atoms with Gasteiger partial charge in [0.05, 0.1) is 11.8 Å². The Labute approximate surface area is 109 Å². The maximum atomic E-state index is 13.0. The zero-order valence-electron chi connectivity index (χ0n) is 10.3. The Morgan fingerprint density at radius 1 is 1.32 bits per heavy atom. The smallest absolute Gasteiger partial charge is 0.271 e. The van der Waals surface area contributed by atoms with Crippen LogP contribution in [0.15, 0.2) is 18.6 Å². The van der Waals surface area contributed by atoms with Gasteiger partial charge in [-0.3, -0.25) is 9.78 Å². The highest BCUT2D eigenvalue weighted by Gasteiger charge is 2.42. The summed E-state index contributed by atoms with van der Waals surface area (Å²) in [5.74, 6) is -3.18. The Morgan fingerprint density at radius 2 is 2.00 bits per heavy atom. The summed E-state index contributed by atoms with van der Waals surface area (Å²) in [6.45, 7) is -0.0571. The summed E-state index contributed by atoms with van der Waals surface area (Å²) in [6.07, 6.45) is 3.35. The number of rotatable bonds is 3. The molecule has 1 fully saturated rings. The Morgan fingerprint density at radius 3 is 2.58 bits per heavy atom. The molecule has 1 amide bonds. The van der Waals surface area contributed by atoms with Gasteiger partial charge in [-0.15, -0.1) is 0 Å². The lowest BCUT2D eigenvalue weighted by Gasteiger charge is -2.35. The minimum Gasteiger partial charge on any atom is -0.388 e. The first-order valence-corrected chi connectivity index (χ1v) is 6.05. The summed E-state index contributed by atoms with van der Waals surface area (Å²) in [6, 6.07) is 0. The average molecular weight is 271 g/mol. The van der Waals surface area contributed by atoms with Crippen LogP contribution in [-0.2, 0) is 0 Å². The quantitative estimate of drug-likeness (QED) is 0.864. The van der Waals surface area contributed by atoms with Gasteiger partial charge in [0.15, 0.2) is 0 Å². The van der Waals surface area contributed by atoms with E-state index in [1.54, 1.807) is 0 Å². The van der Waals surface area contributed by atoms with Crippen LogP contribution >= 0.6 is 0 Å². The van der Waals surface area contributed by atoms with Crippen molar-refractivity contribution in [3.63, 3.8) is 0 Å². The van der Waals surface area contributed by atoms with E-state index in [0.717, 1.165) is 0 Å². The van der Waals surface area contributed by atoms with Crippen LogP contribution in [-0.4, -0.2) is 39.1 Å². The molecular formula is C12H15F2N3O2. The number of hydrogen-bond acceptors (Lipinski definition) is 4. The molecule has 2 rings (SSSR count). The minimum atomic E-state index is -2.71. The molecule has 2 N–H and O–H groups in total. The average Bonchev–Trinajstić information content (AvgIpc) is 2.41. The number of nitrogens with zero attached hydrogens (tertiary/aromatic N) is 2. The van der Waals surface area contributed by atoms with Crippen molar-refractivity contribution in [3.8, 4) is 0 Å². The summed E-state index contributed by atoms with van der Waals surface area (Å²) in [4.78, 5) is 19.2. The Kier molecular flexibility index (Phi) is 3.75. The predicted octanol–water partition coefficient (Wildman–Crippen LogP) is 1.15. The van der Waals surface area contributed by atoms with Crippen LogP contribution < -0.4 is 5.32 Å². The molecule has 1 aliphatic carbocycles. The van der Waals surface area contributed by atoms with Crippen molar-refractivity contribution in [2.45, 2.75) is 37.2 Å². The third-order valence-corrected chi connectivity index (χ3v) is 3.29. The number of halogens is 2. The van der Waals surface area contributed by atoms with Crippen LogP contribution in [0.5, 0.6) is 0 Å². The lowest BCUT2D eigenvalue weighted by Crippen LogP contribution is -2.47. The molecule has 0 spiro atoms. The van der Waals surface area contributed by atoms with E-state index >= 15 is 0 Å². The van der Waals surface area contributed by atoms with Gasteiger partial charge in [0.1, 0.15) is 5.69 Å². The van der Waals surface area contributed by atoms with E-state index in [-0.39, 0.29) is 37.9 Å². The van der Waals surface area contributed by atoms with Crippen LogP contribution in [0, 0.1) is 0 Å². The van der Waals surface area contributed by atoms with Crippen molar-refractivity contribution in [2.75, 3.05) is 6.54 Å². The van der Waals surface area contributed by atoms with E-state index < -0.39 is 17.4 Å². The molecule has 0 atom stereocenters. The minimum absolute atomic E-state index is 0.0270. The SMILES string of the molecule is O=C(NCC1(O)CCC(F)(F)CC1)c1cnccn1.